The molecule has 0 heterocycles. The van der Waals surface area contributed by atoms with Crippen molar-refractivity contribution < 1.29 is 8.78 Å². The van der Waals surface area contributed by atoms with Crippen LogP contribution in [0, 0.1) is 5.92 Å². The quantitative estimate of drug-likeness (QED) is 0.860. The molecular weight excluding hydrogens is 300 g/mol. The van der Waals surface area contributed by atoms with Crippen LogP contribution in [0.2, 0.25) is 0 Å². The first-order valence-electron chi connectivity index (χ1n) is 6.31. The Hall–Kier alpha value is -0.480. The Morgan fingerprint density at radius 3 is 2.83 bits per heavy atom. The van der Waals surface area contributed by atoms with Gasteiger partial charge in [-0.1, -0.05) is 28.1 Å². The normalized spacial score (nSPS) is 24.1. The summed E-state index contributed by atoms with van der Waals surface area (Å²) < 4.78 is 27.4. The molecule has 0 saturated heterocycles. The lowest BCUT2D eigenvalue weighted by Gasteiger charge is -2.21. The molecule has 0 amide bonds. The fourth-order valence-corrected chi connectivity index (χ4v) is 3.14. The molecule has 2 unspecified atom stereocenters. The van der Waals surface area contributed by atoms with Gasteiger partial charge in [0.2, 0.25) is 5.92 Å². The Balaban J connectivity index is 2.02. The van der Waals surface area contributed by atoms with Gasteiger partial charge in [-0.3, -0.25) is 0 Å². The third-order valence-corrected chi connectivity index (χ3v) is 4.17. The zero-order valence-electron chi connectivity index (χ0n) is 10.4. The molecule has 2 rings (SSSR count). The molecule has 1 fully saturated rings. The maximum atomic E-state index is 13.2. The minimum absolute atomic E-state index is 0.0409. The second-order valence-electron chi connectivity index (χ2n) is 5.10. The smallest absolute Gasteiger partial charge is 0.248 e. The van der Waals surface area contributed by atoms with Gasteiger partial charge in [-0.15, -0.1) is 0 Å². The number of halogens is 3. The van der Waals surface area contributed by atoms with Crippen molar-refractivity contribution in [3.05, 3.63) is 34.3 Å². The Morgan fingerprint density at radius 2 is 2.28 bits per heavy atom. The van der Waals surface area contributed by atoms with E-state index in [2.05, 4.69) is 21.2 Å². The van der Waals surface area contributed by atoms with Gasteiger partial charge in [0, 0.05) is 23.4 Å². The number of hydrogen-bond acceptors (Lipinski definition) is 1. The molecule has 1 aromatic rings. The third-order valence-electron chi connectivity index (χ3n) is 3.67. The molecule has 0 bridgehead atoms. The summed E-state index contributed by atoms with van der Waals surface area (Å²) in [5.74, 6) is -2.32. The van der Waals surface area contributed by atoms with Crippen LogP contribution in [0.15, 0.2) is 28.7 Å². The predicted octanol–water partition coefficient (Wildman–Crippen LogP) is 4.54. The lowest BCUT2D eigenvalue weighted by molar-refractivity contribution is 0.00433. The van der Waals surface area contributed by atoms with Crippen LogP contribution in [0.4, 0.5) is 8.78 Å². The lowest BCUT2D eigenvalue weighted by Crippen LogP contribution is -2.20. The molecule has 4 heteroatoms. The molecule has 1 aromatic carbocycles. The summed E-state index contributed by atoms with van der Waals surface area (Å²) in [5, 5.41) is 3.23. The molecule has 0 spiro atoms. The van der Waals surface area contributed by atoms with E-state index < -0.39 is 5.92 Å². The summed E-state index contributed by atoms with van der Waals surface area (Å²) in [7, 11) is 1.89. The SMILES string of the molecule is CNC(CC1CCC(F)(F)C1)c1cccc(Br)c1. The first kappa shape index (κ1) is 13.9. The van der Waals surface area contributed by atoms with Crippen LogP contribution in [0.3, 0.4) is 0 Å². The van der Waals surface area contributed by atoms with Crippen molar-refractivity contribution in [1.82, 2.24) is 5.32 Å². The topological polar surface area (TPSA) is 12.0 Å². The van der Waals surface area contributed by atoms with Gasteiger partial charge >= 0.3 is 0 Å². The number of nitrogens with one attached hydrogen (secondary N) is 1. The Bertz CT molecular complexity index is 409. The highest BCUT2D eigenvalue weighted by Gasteiger charge is 2.39. The number of hydrogen-bond donors (Lipinski definition) is 1. The largest absolute Gasteiger partial charge is 0.313 e. The van der Waals surface area contributed by atoms with Crippen molar-refractivity contribution in [3.63, 3.8) is 0 Å². The van der Waals surface area contributed by atoms with Crippen LogP contribution in [-0.2, 0) is 0 Å². The predicted molar refractivity (Wildman–Crippen MR) is 72.8 cm³/mol. The summed E-state index contributed by atoms with van der Waals surface area (Å²) in [6.07, 6.45) is 1.51. The van der Waals surface area contributed by atoms with Crippen molar-refractivity contribution in [2.45, 2.75) is 37.6 Å². The van der Waals surface area contributed by atoms with E-state index in [-0.39, 0.29) is 24.8 Å². The molecule has 100 valence electrons. The van der Waals surface area contributed by atoms with E-state index in [0.29, 0.717) is 6.42 Å². The average molecular weight is 318 g/mol. The standard InChI is InChI=1S/C14H18BrF2N/c1-18-13(11-3-2-4-12(15)8-11)7-10-5-6-14(16,17)9-10/h2-4,8,10,13,18H,5-7,9H2,1H3. The fraction of sp³-hybridized carbons (Fsp3) is 0.571. The van der Waals surface area contributed by atoms with E-state index in [9.17, 15) is 8.78 Å². The van der Waals surface area contributed by atoms with E-state index in [1.54, 1.807) is 0 Å². The van der Waals surface area contributed by atoms with Gasteiger partial charge in [0.1, 0.15) is 0 Å². The fourth-order valence-electron chi connectivity index (χ4n) is 2.72. The van der Waals surface area contributed by atoms with Crippen LogP contribution in [0.25, 0.3) is 0 Å². The minimum atomic E-state index is -2.44. The van der Waals surface area contributed by atoms with Crippen molar-refractivity contribution in [2.75, 3.05) is 7.05 Å². The minimum Gasteiger partial charge on any atom is -0.313 e. The first-order chi connectivity index (χ1) is 8.50. The molecular formula is C14H18BrF2N. The van der Waals surface area contributed by atoms with E-state index in [1.807, 2.05) is 31.3 Å². The number of alkyl halides is 2. The number of rotatable bonds is 4. The second-order valence-corrected chi connectivity index (χ2v) is 6.01. The highest BCUT2D eigenvalue weighted by Crippen LogP contribution is 2.42. The summed E-state index contributed by atoms with van der Waals surface area (Å²) in [6.45, 7) is 0. The van der Waals surface area contributed by atoms with E-state index in [4.69, 9.17) is 0 Å². The molecule has 18 heavy (non-hydrogen) atoms. The van der Waals surface area contributed by atoms with E-state index >= 15 is 0 Å². The van der Waals surface area contributed by atoms with Crippen LogP contribution < -0.4 is 5.32 Å². The lowest BCUT2D eigenvalue weighted by atomic mass is 9.93. The highest BCUT2D eigenvalue weighted by molar-refractivity contribution is 9.10. The molecule has 1 nitrogen and oxygen atoms in total. The summed E-state index contributed by atoms with van der Waals surface area (Å²) in [5.41, 5.74) is 1.15. The second kappa shape index (κ2) is 5.66. The van der Waals surface area contributed by atoms with Gasteiger partial charge in [-0.2, -0.15) is 0 Å². The average Bonchev–Trinajstić information content (AvgIpc) is 2.65. The zero-order valence-corrected chi connectivity index (χ0v) is 12.0. The van der Waals surface area contributed by atoms with Gasteiger partial charge < -0.3 is 5.32 Å². The summed E-state index contributed by atoms with van der Waals surface area (Å²) in [6, 6.07) is 8.20. The van der Waals surface area contributed by atoms with Gasteiger partial charge in [0.25, 0.3) is 0 Å². The Morgan fingerprint density at radius 1 is 1.50 bits per heavy atom. The first-order valence-corrected chi connectivity index (χ1v) is 7.10. The highest BCUT2D eigenvalue weighted by atomic mass is 79.9. The van der Waals surface area contributed by atoms with E-state index in [1.165, 1.54) is 0 Å². The van der Waals surface area contributed by atoms with Gasteiger partial charge in [0.15, 0.2) is 0 Å². The maximum absolute atomic E-state index is 13.2. The Labute approximate surface area is 115 Å². The summed E-state index contributed by atoms with van der Waals surface area (Å²) in [4.78, 5) is 0. The van der Waals surface area contributed by atoms with Gasteiger partial charge in [-0.05, 0) is 43.5 Å². The van der Waals surface area contributed by atoms with Crippen molar-refractivity contribution in [1.29, 1.82) is 0 Å². The molecule has 0 radical (unpaired) electrons. The van der Waals surface area contributed by atoms with Crippen LogP contribution in [0.5, 0.6) is 0 Å². The van der Waals surface area contributed by atoms with Gasteiger partial charge in [-0.25, -0.2) is 8.78 Å². The van der Waals surface area contributed by atoms with Crippen molar-refractivity contribution in [3.8, 4) is 0 Å². The molecule has 1 aliphatic rings. The Kier molecular flexibility index (Phi) is 4.38. The maximum Gasteiger partial charge on any atom is 0.248 e. The zero-order chi connectivity index (χ0) is 13.2. The van der Waals surface area contributed by atoms with Crippen LogP contribution >= 0.6 is 15.9 Å². The third kappa shape index (κ3) is 3.51. The van der Waals surface area contributed by atoms with Gasteiger partial charge in [0.05, 0.1) is 0 Å². The van der Waals surface area contributed by atoms with Crippen LogP contribution in [0.1, 0.15) is 37.3 Å². The molecule has 0 aromatic heterocycles. The molecule has 1 N–H and O–H groups in total. The molecule has 1 saturated carbocycles. The van der Waals surface area contributed by atoms with Crippen LogP contribution in [-0.4, -0.2) is 13.0 Å². The monoisotopic (exact) mass is 317 g/mol. The molecule has 2 atom stereocenters. The van der Waals surface area contributed by atoms with Crippen molar-refractivity contribution in [2.24, 2.45) is 5.92 Å². The van der Waals surface area contributed by atoms with Crippen molar-refractivity contribution >= 4 is 15.9 Å². The summed E-state index contributed by atoms with van der Waals surface area (Å²) >= 11 is 3.44. The van der Waals surface area contributed by atoms with E-state index in [0.717, 1.165) is 16.5 Å². The number of benzene rings is 1. The molecule has 1 aliphatic carbocycles. The molecule has 0 aliphatic heterocycles.